The Morgan fingerprint density at radius 1 is 1.33 bits per heavy atom. The molecule has 1 amide bonds. The van der Waals surface area contributed by atoms with Gasteiger partial charge in [0.1, 0.15) is 5.69 Å². The number of aromatic nitrogens is 4. The maximum Gasteiger partial charge on any atom is 0.270 e. The number of amides is 1. The van der Waals surface area contributed by atoms with E-state index in [4.69, 9.17) is 0 Å². The molecular formula is C11H14IN5O. The average molecular weight is 359 g/mol. The second-order valence-electron chi connectivity index (χ2n) is 4.03. The number of carbonyl (C=O) groups is 1. The topological polar surface area (TPSA) is 64.7 Å². The Balaban J connectivity index is 2.07. The van der Waals surface area contributed by atoms with Crippen LogP contribution in [-0.4, -0.2) is 25.5 Å². The number of hydrogen-bond donors (Lipinski definition) is 1. The molecule has 0 saturated carbocycles. The quantitative estimate of drug-likeness (QED) is 0.832. The molecule has 2 aromatic heterocycles. The number of carbonyl (C=O) groups excluding carboxylic acids is 1. The highest BCUT2D eigenvalue weighted by Gasteiger charge is 2.15. The van der Waals surface area contributed by atoms with Crippen LogP contribution in [0.3, 0.4) is 0 Å². The maximum atomic E-state index is 12.0. The molecule has 0 fully saturated rings. The number of aryl methyl sites for hydroxylation is 2. The van der Waals surface area contributed by atoms with Gasteiger partial charge in [-0.25, -0.2) is 0 Å². The van der Waals surface area contributed by atoms with Crippen molar-refractivity contribution in [3.8, 4) is 0 Å². The SMILES string of the molecule is Cc1c(CNC(=O)c2c(I)cnn2C)cnn1C. The summed E-state index contributed by atoms with van der Waals surface area (Å²) >= 11 is 2.10. The van der Waals surface area contributed by atoms with E-state index in [1.54, 1.807) is 28.8 Å². The van der Waals surface area contributed by atoms with Crippen molar-refractivity contribution in [1.82, 2.24) is 24.9 Å². The Morgan fingerprint density at radius 3 is 2.50 bits per heavy atom. The summed E-state index contributed by atoms with van der Waals surface area (Å²) in [6.07, 6.45) is 3.44. The lowest BCUT2D eigenvalue weighted by Crippen LogP contribution is -2.26. The number of halogens is 1. The molecule has 0 spiro atoms. The Morgan fingerprint density at radius 2 is 2.00 bits per heavy atom. The van der Waals surface area contributed by atoms with E-state index in [0.29, 0.717) is 12.2 Å². The van der Waals surface area contributed by atoms with Crippen LogP contribution in [0.1, 0.15) is 21.7 Å². The van der Waals surface area contributed by atoms with Gasteiger partial charge in [0, 0.05) is 31.9 Å². The van der Waals surface area contributed by atoms with Gasteiger partial charge in [-0.15, -0.1) is 0 Å². The summed E-state index contributed by atoms with van der Waals surface area (Å²) < 4.78 is 4.21. The average Bonchev–Trinajstić information content (AvgIpc) is 2.82. The lowest BCUT2D eigenvalue weighted by Gasteiger charge is -2.05. The van der Waals surface area contributed by atoms with Crippen molar-refractivity contribution in [3.05, 3.63) is 32.9 Å². The summed E-state index contributed by atoms with van der Waals surface area (Å²) in [7, 11) is 3.64. The van der Waals surface area contributed by atoms with Gasteiger partial charge in [-0.05, 0) is 29.5 Å². The lowest BCUT2D eigenvalue weighted by atomic mass is 10.2. The van der Waals surface area contributed by atoms with Gasteiger partial charge in [0.15, 0.2) is 0 Å². The molecule has 0 saturated heterocycles. The molecule has 0 unspecified atom stereocenters. The molecular weight excluding hydrogens is 345 g/mol. The van der Waals surface area contributed by atoms with Crippen molar-refractivity contribution in [3.63, 3.8) is 0 Å². The van der Waals surface area contributed by atoms with E-state index in [0.717, 1.165) is 14.8 Å². The molecule has 0 aliphatic carbocycles. The molecule has 18 heavy (non-hydrogen) atoms. The van der Waals surface area contributed by atoms with Crippen molar-refractivity contribution in [2.45, 2.75) is 13.5 Å². The van der Waals surface area contributed by atoms with E-state index < -0.39 is 0 Å². The summed E-state index contributed by atoms with van der Waals surface area (Å²) in [5.41, 5.74) is 2.65. The van der Waals surface area contributed by atoms with Crippen LogP contribution in [0, 0.1) is 10.5 Å². The summed E-state index contributed by atoms with van der Waals surface area (Å²) in [4.78, 5) is 12.0. The van der Waals surface area contributed by atoms with Gasteiger partial charge < -0.3 is 5.32 Å². The van der Waals surface area contributed by atoms with Gasteiger partial charge in [0.25, 0.3) is 5.91 Å². The summed E-state index contributed by atoms with van der Waals surface area (Å²) in [5, 5.41) is 11.1. The van der Waals surface area contributed by atoms with E-state index in [1.165, 1.54) is 0 Å². The van der Waals surface area contributed by atoms with E-state index in [2.05, 4.69) is 38.1 Å². The zero-order valence-corrected chi connectivity index (χ0v) is 12.6. The lowest BCUT2D eigenvalue weighted by molar-refractivity contribution is 0.0940. The largest absolute Gasteiger partial charge is 0.346 e. The minimum atomic E-state index is -0.123. The Bertz CT molecular complexity index is 567. The van der Waals surface area contributed by atoms with Crippen LogP contribution in [0.15, 0.2) is 12.4 Å². The second kappa shape index (κ2) is 5.09. The van der Waals surface area contributed by atoms with Gasteiger partial charge in [-0.2, -0.15) is 10.2 Å². The fourth-order valence-corrected chi connectivity index (χ4v) is 2.36. The third-order valence-electron chi connectivity index (χ3n) is 2.89. The first-order chi connectivity index (χ1) is 8.50. The third kappa shape index (κ3) is 2.40. The van der Waals surface area contributed by atoms with Gasteiger partial charge in [0.2, 0.25) is 0 Å². The van der Waals surface area contributed by atoms with E-state index in [1.807, 2.05) is 14.0 Å². The summed E-state index contributed by atoms with van der Waals surface area (Å²) in [5.74, 6) is -0.123. The molecule has 0 radical (unpaired) electrons. The zero-order valence-electron chi connectivity index (χ0n) is 10.4. The second-order valence-corrected chi connectivity index (χ2v) is 5.19. The maximum absolute atomic E-state index is 12.0. The van der Waals surface area contributed by atoms with Gasteiger partial charge in [-0.3, -0.25) is 14.2 Å². The van der Waals surface area contributed by atoms with E-state index in [-0.39, 0.29) is 5.91 Å². The van der Waals surface area contributed by atoms with Crippen LogP contribution in [0.5, 0.6) is 0 Å². The van der Waals surface area contributed by atoms with Crippen LogP contribution >= 0.6 is 22.6 Å². The molecule has 0 aliphatic rings. The van der Waals surface area contributed by atoms with Crippen LogP contribution < -0.4 is 5.32 Å². The van der Waals surface area contributed by atoms with E-state index in [9.17, 15) is 4.79 Å². The predicted octanol–water partition coefficient (Wildman–Crippen LogP) is 0.997. The normalized spacial score (nSPS) is 10.7. The van der Waals surface area contributed by atoms with Crippen molar-refractivity contribution in [2.75, 3.05) is 0 Å². The summed E-state index contributed by atoms with van der Waals surface area (Å²) in [6, 6.07) is 0. The predicted molar refractivity (Wildman–Crippen MR) is 75.0 cm³/mol. The molecule has 2 rings (SSSR count). The molecule has 7 heteroatoms. The third-order valence-corrected chi connectivity index (χ3v) is 3.67. The minimum Gasteiger partial charge on any atom is -0.346 e. The summed E-state index contributed by atoms with van der Waals surface area (Å²) in [6.45, 7) is 2.45. The van der Waals surface area contributed by atoms with Crippen molar-refractivity contribution < 1.29 is 4.79 Å². The Hall–Kier alpha value is -1.38. The molecule has 1 N–H and O–H groups in total. The molecule has 0 aliphatic heterocycles. The van der Waals surface area contributed by atoms with Crippen LogP contribution in [0.4, 0.5) is 0 Å². The highest BCUT2D eigenvalue weighted by Crippen LogP contribution is 2.11. The molecule has 0 aromatic carbocycles. The standard InChI is InChI=1S/C11H14IN5O/c1-7-8(5-14-16(7)2)4-13-11(18)10-9(12)6-15-17(10)3/h5-6H,4H2,1-3H3,(H,13,18). The smallest absolute Gasteiger partial charge is 0.270 e. The monoisotopic (exact) mass is 359 g/mol. The number of rotatable bonds is 3. The Kier molecular flexibility index (Phi) is 3.69. The molecule has 0 atom stereocenters. The fourth-order valence-electron chi connectivity index (χ4n) is 1.64. The molecule has 0 bridgehead atoms. The molecule has 96 valence electrons. The van der Waals surface area contributed by atoms with Crippen LogP contribution in [0.25, 0.3) is 0 Å². The Labute approximate surface area is 119 Å². The molecule has 2 aromatic rings. The minimum absolute atomic E-state index is 0.123. The van der Waals surface area contributed by atoms with Gasteiger partial charge >= 0.3 is 0 Å². The van der Waals surface area contributed by atoms with E-state index >= 15 is 0 Å². The number of nitrogens with one attached hydrogen (secondary N) is 1. The van der Waals surface area contributed by atoms with Crippen LogP contribution in [-0.2, 0) is 20.6 Å². The van der Waals surface area contributed by atoms with Crippen molar-refractivity contribution >= 4 is 28.5 Å². The number of nitrogens with zero attached hydrogens (tertiary/aromatic N) is 4. The number of hydrogen-bond acceptors (Lipinski definition) is 3. The van der Waals surface area contributed by atoms with Crippen molar-refractivity contribution in [2.24, 2.45) is 14.1 Å². The van der Waals surface area contributed by atoms with Crippen LogP contribution in [0.2, 0.25) is 0 Å². The van der Waals surface area contributed by atoms with Crippen molar-refractivity contribution in [1.29, 1.82) is 0 Å². The highest BCUT2D eigenvalue weighted by atomic mass is 127. The first-order valence-electron chi connectivity index (χ1n) is 5.44. The molecule has 2 heterocycles. The zero-order chi connectivity index (χ0) is 13.3. The first-order valence-corrected chi connectivity index (χ1v) is 6.51. The van der Waals surface area contributed by atoms with Gasteiger partial charge in [0.05, 0.1) is 16.0 Å². The fraction of sp³-hybridized carbons (Fsp3) is 0.364. The first kappa shape index (κ1) is 13.1. The van der Waals surface area contributed by atoms with Gasteiger partial charge in [-0.1, -0.05) is 0 Å². The highest BCUT2D eigenvalue weighted by molar-refractivity contribution is 14.1. The molecule has 6 nitrogen and oxygen atoms in total.